The van der Waals surface area contributed by atoms with Gasteiger partial charge < -0.3 is 11.0 Å². The van der Waals surface area contributed by atoms with Gasteiger partial charge in [-0.2, -0.15) is 0 Å². The minimum Gasteiger partial charge on any atom is -2.00 e. The molecule has 0 heterocycles. The van der Waals surface area contributed by atoms with Crippen LogP contribution in [0, 0.1) is 0 Å². The van der Waals surface area contributed by atoms with Crippen LogP contribution in [0.1, 0.15) is 0 Å². The van der Waals surface area contributed by atoms with Gasteiger partial charge in [-0.3, -0.25) is 0 Å². The van der Waals surface area contributed by atoms with Gasteiger partial charge in [-0.25, -0.2) is 0 Å². The maximum Gasteiger partial charge on any atom is 4.00 e. The van der Waals surface area contributed by atoms with Crippen molar-refractivity contribution in [1.29, 1.82) is 0 Å². The molecule has 0 aromatic rings. The van der Waals surface area contributed by atoms with Crippen LogP contribution in [0.3, 0.4) is 0 Å². The van der Waals surface area contributed by atoms with E-state index in [1.807, 2.05) is 0 Å². The maximum absolute atomic E-state index is 0. The molecule has 0 N–H and O–H groups in total. The van der Waals surface area contributed by atoms with E-state index in [1.54, 1.807) is 0 Å². The van der Waals surface area contributed by atoms with Crippen LogP contribution < -0.4 is 0 Å². The third kappa shape index (κ3) is 16.4. The zero-order valence-electron chi connectivity index (χ0n) is 1.82. The van der Waals surface area contributed by atoms with Crippen molar-refractivity contribution in [1.82, 2.24) is 0 Å². The normalized spacial score (nSPS) is 0. The maximum atomic E-state index is 0. The van der Waals surface area contributed by atoms with Gasteiger partial charge in [0.2, 0.25) is 0 Å². The van der Waals surface area contributed by atoms with E-state index in [-0.39, 0.29) is 39.5 Å². The van der Waals surface area contributed by atoms with Crippen LogP contribution in [0.15, 0.2) is 0 Å². The number of rotatable bonds is 0. The van der Waals surface area contributed by atoms with Crippen LogP contribution in [0.25, 0.3) is 0 Å². The average Bonchev–Trinajstić information content (AvgIpc) is 0. The van der Waals surface area contributed by atoms with E-state index in [4.69, 9.17) is 0 Å². The van der Waals surface area contributed by atoms with Gasteiger partial charge in [0.1, 0.15) is 0 Å². The van der Waals surface area contributed by atoms with Crippen molar-refractivity contribution in [3.05, 3.63) is 0 Å². The molecule has 0 aromatic heterocycles. The van der Waals surface area contributed by atoms with E-state index >= 15 is 0 Å². The predicted octanol–water partition coefficient (Wildman–Crippen LogP) is -0.999. The number of hydrogen-bond donors (Lipinski definition) is 0. The second-order valence-electron chi connectivity index (χ2n) is 0. The Kier molecular flexibility index (Phi) is 1960. The van der Waals surface area contributed by atoms with Gasteiger partial charge in [-0.15, -0.1) is 0 Å². The fraction of sp³-hybridized carbons (Fsp3) is 0. The van der Waals surface area contributed by atoms with Crippen LogP contribution in [0.5, 0.6) is 0 Å². The summed E-state index contributed by atoms with van der Waals surface area (Å²) in [5.41, 5.74) is 0. The van der Waals surface area contributed by atoms with Gasteiger partial charge in [0, 0.05) is 11.0 Å². The molecular formula is GeO2Si. The van der Waals surface area contributed by atoms with E-state index in [2.05, 4.69) is 0 Å². The minimum absolute atomic E-state index is 0. The van der Waals surface area contributed by atoms with Crippen LogP contribution in [0.4, 0.5) is 0 Å². The largest absolute Gasteiger partial charge is 4.00 e. The Hall–Kier alpha value is 0.680. The molecule has 0 fully saturated rings. The first-order valence-electron chi connectivity index (χ1n) is 0. The Balaban J connectivity index is 0. The molecule has 0 amide bonds. The van der Waals surface area contributed by atoms with Crippen LogP contribution in [0.2, 0.25) is 0 Å². The molecule has 0 saturated carbocycles. The molecule has 0 saturated heterocycles. The van der Waals surface area contributed by atoms with Crippen LogP contribution in [-0.2, 0) is 11.0 Å². The number of hydrogen-bond acceptors (Lipinski definition) is 0. The quantitative estimate of drug-likeness (QED) is 0.380. The molecular weight excluding hydrogens is 133 g/mol. The summed E-state index contributed by atoms with van der Waals surface area (Å²) in [6.07, 6.45) is 0. The summed E-state index contributed by atoms with van der Waals surface area (Å²) in [5, 5.41) is 0. The van der Waals surface area contributed by atoms with Crippen molar-refractivity contribution < 1.29 is 11.0 Å². The molecule has 2 nitrogen and oxygen atoms in total. The molecule has 0 spiro atoms. The smallest absolute Gasteiger partial charge is 2.00 e. The molecule has 4 heavy (non-hydrogen) atoms. The second-order valence-corrected chi connectivity index (χ2v) is 0. The van der Waals surface area contributed by atoms with Crippen molar-refractivity contribution in [3.8, 4) is 0 Å². The van der Waals surface area contributed by atoms with E-state index in [1.165, 1.54) is 0 Å². The van der Waals surface area contributed by atoms with E-state index in [0.717, 1.165) is 0 Å². The standard InChI is InChI=1S/Ge.2O.Si/q+4;2*-2;. The predicted molar refractivity (Wildman–Crippen MR) is 12.9 cm³/mol. The van der Waals surface area contributed by atoms with Crippen molar-refractivity contribution in [2.24, 2.45) is 0 Å². The summed E-state index contributed by atoms with van der Waals surface area (Å²) in [4.78, 5) is 0. The molecule has 0 atom stereocenters. The summed E-state index contributed by atoms with van der Waals surface area (Å²) in [6, 6.07) is 0. The fourth-order valence-corrected chi connectivity index (χ4v) is 0. The van der Waals surface area contributed by atoms with Gasteiger partial charge in [0.05, 0.1) is 0 Å². The molecule has 20 valence electrons. The molecule has 0 aliphatic rings. The van der Waals surface area contributed by atoms with E-state index in [9.17, 15) is 0 Å². The average molecular weight is 133 g/mol. The van der Waals surface area contributed by atoms with E-state index in [0.29, 0.717) is 0 Å². The third-order valence-corrected chi connectivity index (χ3v) is 0. The van der Waals surface area contributed by atoms with Gasteiger partial charge >= 0.3 is 17.6 Å². The zero-order chi connectivity index (χ0) is 0. The fourth-order valence-electron chi connectivity index (χ4n) is 0. The molecule has 4 heteroatoms. The Bertz CT molecular complexity index is 6.00. The molecule has 0 aromatic carbocycles. The summed E-state index contributed by atoms with van der Waals surface area (Å²) >= 11 is 0. The van der Waals surface area contributed by atoms with E-state index < -0.39 is 0 Å². The van der Waals surface area contributed by atoms with Crippen LogP contribution >= 0.6 is 0 Å². The van der Waals surface area contributed by atoms with Gasteiger partial charge in [0.25, 0.3) is 0 Å². The summed E-state index contributed by atoms with van der Waals surface area (Å²) in [6.45, 7) is 0. The Labute approximate surface area is 40.2 Å². The zero-order valence-corrected chi connectivity index (χ0v) is 4.91. The van der Waals surface area contributed by atoms with Crippen molar-refractivity contribution in [2.45, 2.75) is 0 Å². The minimum atomic E-state index is 0. The first-order valence-corrected chi connectivity index (χ1v) is 0. The Morgan fingerprint density at radius 1 is 0.750 bits per heavy atom. The molecule has 0 rings (SSSR count). The summed E-state index contributed by atoms with van der Waals surface area (Å²) in [5.74, 6) is 0. The van der Waals surface area contributed by atoms with Crippen molar-refractivity contribution in [3.63, 3.8) is 0 Å². The second kappa shape index (κ2) is 57.2. The summed E-state index contributed by atoms with van der Waals surface area (Å²) in [7, 11) is 0. The first-order chi connectivity index (χ1) is 0. The van der Waals surface area contributed by atoms with Gasteiger partial charge in [-0.1, -0.05) is 0 Å². The monoisotopic (exact) mass is 134 g/mol. The van der Waals surface area contributed by atoms with Gasteiger partial charge in [0.15, 0.2) is 0 Å². The first kappa shape index (κ1) is 137. The third-order valence-electron chi connectivity index (χ3n) is 0. The van der Waals surface area contributed by atoms with Crippen molar-refractivity contribution in [2.75, 3.05) is 0 Å². The molecule has 0 aliphatic heterocycles. The SMILES string of the molecule is [Ge+4].[O-2].[O-2].[Si]. The Morgan fingerprint density at radius 2 is 0.750 bits per heavy atom. The Morgan fingerprint density at radius 3 is 0.750 bits per heavy atom. The molecule has 0 unspecified atom stereocenters. The molecule has 0 bridgehead atoms. The van der Waals surface area contributed by atoms with Gasteiger partial charge in [-0.05, 0) is 0 Å². The molecule has 0 aliphatic carbocycles. The van der Waals surface area contributed by atoms with Crippen molar-refractivity contribution >= 4 is 28.6 Å². The summed E-state index contributed by atoms with van der Waals surface area (Å²) < 4.78 is 0. The topological polar surface area (TPSA) is 57.0 Å². The molecule has 4 radical (unpaired) electrons. The van der Waals surface area contributed by atoms with Crippen LogP contribution in [-0.4, -0.2) is 28.6 Å².